The zero-order valence-electron chi connectivity index (χ0n) is 19.0. The molecular weight excluding hydrogens is 492 g/mol. The fourth-order valence-electron chi connectivity index (χ4n) is 4.43. The average Bonchev–Trinajstić information content (AvgIpc) is 3.22. The first kappa shape index (κ1) is 25.9. The first-order chi connectivity index (χ1) is 16.9. The number of carboxylic acid groups (broad SMARTS) is 1. The van der Waals surface area contributed by atoms with E-state index in [1.807, 2.05) is 6.08 Å². The van der Waals surface area contributed by atoms with Crippen molar-refractivity contribution in [3.63, 3.8) is 0 Å². The van der Waals surface area contributed by atoms with Gasteiger partial charge in [0.05, 0.1) is 11.1 Å². The van der Waals surface area contributed by atoms with Crippen LogP contribution < -0.4 is 9.47 Å². The van der Waals surface area contributed by atoms with E-state index in [1.54, 1.807) is 12.1 Å². The van der Waals surface area contributed by atoms with Gasteiger partial charge in [-0.3, -0.25) is 9.69 Å². The molecule has 2 aliphatic heterocycles. The topological polar surface area (TPSA) is 59.0 Å². The van der Waals surface area contributed by atoms with Crippen LogP contribution in [0.1, 0.15) is 35.1 Å². The third kappa shape index (κ3) is 6.31. The summed E-state index contributed by atoms with van der Waals surface area (Å²) in [7, 11) is 0. The summed E-state index contributed by atoms with van der Waals surface area (Å²) in [4.78, 5) is 13.1. The number of ether oxygens (including phenoxy) is 2. The molecule has 2 aromatic rings. The van der Waals surface area contributed by atoms with Gasteiger partial charge < -0.3 is 14.6 Å². The molecule has 0 aromatic heterocycles. The van der Waals surface area contributed by atoms with Crippen molar-refractivity contribution in [2.75, 3.05) is 26.2 Å². The molecule has 0 aliphatic carbocycles. The van der Waals surface area contributed by atoms with E-state index in [0.29, 0.717) is 31.5 Å². The highest BCUT2D eigenvalue weighted by Gasteiger charge is 2.38. The standard InChI is InChI=1S/C25H23F6NO4/c26-24(27,28)19-3-1-18(21(9-19)25(29,30)31)14-35-20-4-2-17-7-16(13-36-22(17)10-20)12-32-6-5-15(11-32)8-23(33)34/h1-4,7,9-10,15H,5-6,8,11-14H2,(H,33,34). The molecule has 36 heavy (non-hydrogen) atoms. The lowest BCUT2D eigenvalue weighted by atomic mass is 10.0. The van der Waals surface area contributed by atoms with Crippen LogP contribution in [-0.4, -0.2) is 42.2 Å². The number of benzene rings is 2. The van der Waals surface area contributed by atoms with Gasteiger partial charge in [0.15, 0.2) is 0 Å². The molecule has 2 heterocycles. The molecule has 2 aliphatic rings. The van der Waals surface area contributed by atoms with Gasteiger partial charge >= 0.3 is 18.3 Å². The summed E-state index contributed by atoms with van der Waals surface area (Å²) in [5, 5.41) is 8.95. The van der Waals surface area contributed by atoms with E-state index in [9.17, 15) is 31.1 Å². The molecular formula is C25H23F6NO4. The van der Waals surface area contributed by atoms with Crippen LogP contribution >= 0.6 is 0 Å². The zero-order chi connectivity index (χ0) is 26.1. The Kier molecular flexibility index (Phi) is 7.21. The Morgan fingerprint density at radius 1 is 1.08 bits per heavy atom. The summed E-state index contributed by atoms with van der Waals surface area (Å²) in [6.45, 7) is 1.88. The Bertz CT molecular complexity index is 1160. The lowest BCUT2D eigenvalue weighted by molar-refractivity contribution is -0.144. The maximum absolute atomic E-state index is 13.3. The predicted octanol–water partition coefficient (Wildman–Crippen LogP) is 5.88. The van der Waals surface area contributed by atoms with Gasteiger partial charge in [0.25, 0.3) is 0 Å². The molecule has 0 amide bonds. The number of hydrogen-bond acceptors (Lipinski definition) is 4. The first-order valence-electron chi connectivity index (χ1n) is 11.2. The summed E-state index contributed by atoms with van der Waals surface area (Å²) in [5.41, 5.74) is -1.42. The number of carboxylic acids is 1. The van der Waals surface area contributed by atoms with Crippen LogP contribution in [0, 0.1) is 5.92 Å². The van der Waals surface area contributed by atoms with Gasteiger partial charge in [0, 0.05) is 36.7 Å². The normalized spacial score (nSPS) is 18.4. The quantitative estimate of drug-likeness (QED) is 0.467. The van der Waals surface area contributed by atoms with Crippen LogP contribution in [0.3, 0.4) is 0 Å². The first-order valence-corrected chi connectivity index (χ1v) is 11.2. The van der Waals surface area contributed by atoms with Crippen LogP contribution in [0.4, 0.5) is 26.3 Å². The fraction of sp³-hybridized carbons (Fsp3) is 0.400. The molecule has 4 rings (SSSR count). The Balaban J connectivity index is 1.41. The Hall–Kier alpha value is -3.21. The second-order valence-electron chi connectivity index (χ2n) is 8.93. The average molecular weight is 515 g/mol. The smallest absolute Gasteiger partial charge is 0.416 e. The number of alkyl halides is 6. The maximum atomic E-state index is 13.3. The van der Waals surface area contributed by atoms with Gasteiger partial charge in [0.2, 0.25) is 0 Å². The molecule has 0 spiro atoms. The third-order valence-corrected chi connectivity index (χ3v) is 6.15. The molecule has 1 N–H and O–H groups in total. The fourth-order valence-corrected chi connectivity index (χ4v) is 4.43. The number of rotatable bonds is 7. The van der Waals surface area contributed by atoms with Gasteiger partial charge in [0.1, 0.15) is 24.7 Å². The summed E-state index contributed by atoms with van der Waals surface area (Å²) in [6.07, 6.45) is -6.94. The highest BCUT2D eigenvalue weighted by atomic mass is 19.4. The molecule has 0 saturated carbocycles. The second-order valence-corrected chi connectivity index (χ2v) is 8.93. The summed E-state index contributed by atoms with van der Waals surface area (Å²) in [6, 6.07) is 6.23. The molecule has 1 unspecified atom stereocenters. The van der Waals surface area contributed by atoms with E-state index < -0.39 is 41.6 Å². The minimum Gasteiger partial charge on any atom is -0.489 e. The van der Waals surface area contributed by atoms with Crippen molar-refractivity contribution in [1.29, 1.82) is 0 Å². The minimum atomic E-state index is -4.97. The van der Waals surface area contributed by atoms with Crippen LogP contribution in [0.25, 0.3) is 6.08 Å². The summed E-state index contributed by atoms with van der Waals surface area (Å²) in [5.74, 6) is 0.0173. The van der Waals surface area contributed by atoms with Crippen LogP contribution in [0.15, 0.2) is 42.0 Å². The lowest BCUT2D eigenvalue weighted by Crippen LogP contribution is -2.26. The summed E-state index contributed by atoms with van der Waals surface area (Å²) < 4.78 is 89.9. The van der Waals surface area contributed by atoms with Crippen molar-refractivity contribution in [1.82, 2.24) is 4.90 Å². The number of nitrogens with zero attached hydrogens (tertiary/aromatic N) is 1. The highest BCUT2D eigenvalue weighted by Crippen LogP contribution is 2.38. The molecule has 1 saturated heterocycles. The van der Waals surface area contributed by atoms with Crippen molar-refractivity contribution in [2.45, 2.75) is 31.8 Å². The number of likely N-dealkylation sites (tertiary alicyclic amines) is 1. The minimum absolute atomic E-state index is 0.0885. The largest absolute Gasteiger partial charge is 0.489 e. The molecule has 0 radical (unpaired) electrons. The van der Waals surface area contributed by atoms with E-state index in [2.05, 4.69) is 4.90 Å². The molecule has 1 fully saturated rings. The SMILES string of the molecule is O=C(O)CC1CCN(CC2=Cc3ccc(OCc4ccc(C(F)(F)F)cc4C(F)(F)F)cc3OC2)C1. The molecule has 0 bridgehead atoms. The molecule has 1 atom stereocenters. The van der Waals surface area contributed by atoms with Crippen molar-refractivity contribution in [3.8, 4) is 11.5 Å². The van der Waals surface area contributed by atoms with E-state index >= 15 is 0 Å². The number of carbonyl (C=O) groups is 1. The van der Waals surface area contributed by atoms with Crippen molar-refractivity contribution in [2.24, 2.45) is 5.92 Å². The monoisotopic (exact) mass is 515 g/mol. The van der Waals surface area contributed by atoms with E-state index in [-0.39, 0.29) is 24.2 Å². The summed E-state index contributed by atoms with van der Waals surface area (Å²) >= 11 is 0. The van der Waals surface area contributed by atoms with Crippen molar-refractivity contribution < 1.29 is 45.7 Å². The van der Waals surface area contributed by atoms with Crippen LogP contribution in [0.2, 0.25) is 0 Å². The molecule has 194 valence electrons. The Morgan fingerprint density at radius 2 is 1.86 bits per heavy atom. The highest BCUT2D eigenvalue weighted by molar-refractivity contribution is 5.67. The van der Waals surface area contributed by atoms with Gasteiger partial charge in [-0.15, -0.1) is 0 Å². The molecule has 5 nitrogen and oxygen atoms in total. The number of halogens is 6. The number of fused-ring (bicyclic) bond motifs is 1. The van der Waals surface area contributed by atoms with Gasteiger partial charge in [-0.1, -0.05) is 6.07 Å². The molecule has 11 heteroatoms. The van der Waals surface area contributed by atoms with E-state index in [1.165, 1.54) is 6.07 Å². The van der Waals surface area contributed by atoms with Gasteiger partial charge in [-0.2, -0.15) is 26.3 Å². The predicted molar refractivity (Wildman–Crippen MR) is 117 cm³/mol. The van der Waals surface area contributed by atoms with Crippen molar-refractivity contribution in [3.05, 3.63) is 64.2 Å². The van der Waals surface area contributed by atoms with Crippen LogP contribution in [0.5, 0.6) is 11.5 Å². The lowest BCUT2D eigenvalue weighted by Gasteiger charge is -2.23. The Morgan fingerprint density at radius 3 is 2.56 bits per heavy atom. The van der Waals surface area contributed by atoms with E-state index in [0.717, 1.165) is 30.2 Å². The van der Waals surface area contributed by atoms with Crippen molar-refractivity contribution >= 4 is 12.0 Å². The van der Waals surface area contributed by atoms with Gasteiger partial charge in [-0.05, 0) is 54.8 Å². The number of aliphatic carboxylic acids is 1. The second kappa shape index (κ2) is 10.0. The zero-order valence-corrected chi connectivity index (χ0v) is 19.0. The van der Waals surface area contributed by atoms with E-state index in [4.69, 9.17) is 14.6 Å². The Labute approximate surface area is 202 Å². The maximum Gasteiger partial charge on any atom is 0.416 e. The number of hydrogen-bond donors (Lipinski definition) is 1. The third-order valence-electron chi connectivity index (χ3n) is 6.15. The molecule has 2 aromatic carbocycles. The van der Waals surface area contributed by atoms with Gasteiger partial charge in [-0.25, -0.2) is 0 Å². The van der Waals surface area contributed by atoms with Crippen LogP contribution in [-0.2, 0) is 23.8 Å².